The van der Waals surface area contributed by atoms with E-state index in [9.17, 15) is 4.79 Å². The summed E-state index contributed by atoms with van der Waals surface area (Å²) in [6, 6.07) is 8.00. The van der Waals surface area contributed by atoms with Crippen LogP contribution in [0.5, 0.6) is 0 Å². The number of carbonyl (C=O) groups is 1. The Morgan fingerprint density at radius 1 is 1.14 bits per heavy atom. The lowest BCUT2D eigenvalue weighted by Gasteiger charge is -2.18. The van der Waals surface area contributed by atoms with Crippen LogP contribution < -0.4 is 10.2 Å². The van der Waals surface area contributed by atoms with Crippen molar-refractivity contribution in [2.24, 2.45) is 5.41 Å². The molecule has 1 aromatic rings. The average Bonchev–Trinajstić information content (AvgIpc) is 2.96. The molecule has 0 unspecified atom stereocenters. The van der Waals surface area contributed by atoms with Crippen LogP contribution >= 0.6 is 0 Å². The molecule has 1 N–H and O–H groups in total. The Balaban J connectivity index is 1.79. The molecule has 1 amide bonds. The van der Waals surface area contributed by atoms with Crippen LogP contribution in [0.1, 0.15) is 56.8 Å². The van der Waals surface area contributed by atoms with E-state index >= 15 is 0 Å². The van der Waals surface area contributed by atoms with Crippen molar-refractivity contribution in [2.45, 2.75) is 46.5 Å². The number of amides is 1. The van der Waals surface area contributed by atoms with Crippen LogP contribution in [0.4, 0.5) is 5.69 Å². The summed E-state index contributed by atoms with van der Waals surface area (Å²) in [6.07, 6.45) is 4.70. The zero-order chi connectivity index (χ0) is 15.3. The fraction of sp³-hybridized carbons (Fsp3) is 0.611. The third-order valence-corrected chi connectivity index (χ3v) is 3.99. The quantitative estimate of drug-likeness (QED) is 0.835. The summed E-state index contributed by atoms with van der Waals surface area (Å²) in [5.41, 5.74) is 2.33. The van der Waals surface area contributed by atoms with Crippen molar-refractivity contribution in [3.05, 3.63) is 29.8 Å². The lowest BCUT2D eigenvalue weighted by molar-refractivity contribution is 0.0951. The molecule has 0 atom stereocenters. The fourth-order valence-corrected chi connectivity index (χ4v) is 2.72. The van der Waals surface area contributed by atoms with E-state index in [0.29, 0.717) is 5.41 Å². The first-order valence-electron chi connectivity index (χ1n) is 8.09. The summed E-state index contributed by atoms with van der Waals surface area (Å²) in [4.78, 5) is 14.5. The van der Waals surface area contributed by atoms with Gasteiger partial charge in [-0.1, -0.05) is 20.8 Å². The van der Waals surface area contributed by atoms with Crippen LogP contribution in [0.25, 0.3) is 0 Å². The Kier molecular flexibility index (Phi) is 5.27. The van der Waals surface area contributed by atoms with Gasteiger partial charge in [-0.3, -0.25) is 4.79 Å². The molecule has 3 nitrogen and oxygen atoms in total. The number of nitrogens with zero attached hydrogens (tertiary/aromatic N) is 1. The molecule has 3 heteroatoms. The van der Waals surface area contributed by atoms with Gasteiger partial charge in [-0.2, -0.15) is 0 Å². The Labute approximate surface area is 128 Å². The molecule has 1 aliphatic rings. The number of rotatable bonds is 5. The van der Waals surface area contributed by atoms with Crippen LogP contribution in [-0.4, -0.2) is 25.5 Å². The lowest BCUT2D eigenvalue weighted by atomic mass is 9.91. The largest absolute Gasteiger partial charge is 0.372 e. The molecule has 0 spiro atoms. The monoisotopic (exact) mass is 288 g/mol. The summed E-state index contributed by atoms with van der Waals surface area (Å²) in [5.74, 6) is 0.0388. The molecular weight excluding hydrogens is 260 g/mol. The van der Waals surface area contributed by atoms with E-state index in [1.54, 1.807) is 0 Å². The van der Waals surface area contributed by atoms with Crippen molar-refractivity contribution in [3.8, 4) is 0 Å². The minimum absolute atomic E-state index is 0.0388. The van der Waals surface area contributed by atoms with Crippen LogP contribution in [0.3, 0.4) is 0 Å². The Morgan fingerprint density at radius 3 is 2.33 bits per heavy atom. The topological polar surface area (TPSA) is 32.3 Å². The smallest absolute Gasteiger partial charge is 0.251 e. The van der Waals surface area contributed by atoms with E-state index in [4.69, 9.17) is 0 Å². The molecule has 0 aromatic heterocycles. The SMILES string of the molecule is CC(C)(C)CCCNC(=O)c1ccc(N2CCCC2)cc1. The highest BCUT2D eigenvalue weighted by atomic mass is 16.1. The van der Waals surface area contributed by atoms with Crippen molar-refractivity contribution in [1.82, 2.24) is 5.32 Å². The highest BCUT2D eigenvalue weighted by molar-refractivity contribution is 5.94. The van der Waals surface area contributed by atoms with Gasteiger partial charge in [0, 0.05) is 30.9 Å². The molecule has 1 aromatic carbocycles. The van der Waals surface area contributed by atoms with Crippen LogP contribution in [0.2, 0.25) is 0 Å². The van der Waals surface area contributed by atoms with Gasteiger partial charge in [0.05, 0.1) is 0 Å². The minimum atomic E-state index is 0.0388. The van der Waals surface area contributed by atoms with E-state index in [1.165, 1.54) is 18.5 Å². The Hall–Kier alpha value is -1.51. The normalized spacial score (nSPS) is 15.3. The summed E-state index contributed by atoms with van der Waals surface area (Å²) in [6.45, 7) is 9.71. The van der Waals surface area contributed by atoms with Crippen LogP contribution in [0.15, 0.2) is 24.3 Å². The van der Waals surface area contributed by atoms with Crippen LogP contribution in [-0.2, 0) is 0 Å². The predicted octanol–water partition coefficient (Wildman–Crippen LogP) is 3.84. The molecule has 1 aliphatic heterocycles. The predicted molar refractivity (Wildman–Crippen MR) is 88.9 cm³/mol. The van der Waals surface area contributed by atoms with Gasteiger partial charge >= 0.3 is 0 Å². The molecule has 116 valence electrons. The third kappa shape index (κ3) is 5.07. The van der Waals surface area contributed by atoms with E-state index in [-0.39, 0.29) is 5.91 Å². The highest BCUT2D eigenvalue weighted by Crippen LogP contribution is 2.21. The van der Waals surface area contributed by atoms with Gasteiger partial charge in [-0.15, -0.1) is 0 Å². The first-order chi connectivity index (χ1) is 9.96. The zero-order valence-corrected chi connectivity index (χ0v) is 13.6. The molecule has 0 bridgehead atoms. The van der Waals surface area contributed by atoms with Gasteiger partial charge in [-0.05, 0) is 55.4 Å². The molecular formula is C18H28N2O. The maximum atomic E-state index is 12.1. The van der Waals surface area contributed by atoms with Gasteiger partial charge in [0.1, 0.15) is 0 Å². The number of benzene rings is 1. The number of anilines is 1. The summed E-state index contributed by atoms with van der Waals surface area (Å²) < 4.78 is 0. The molecule has 0 aliphatic carbocycles. The molecule has 1 saturated heterocycles. The number of carbonyl (C=O) groups excluding carboxylic acids is 1. The van der Waals surface area contributed by atoms with Gasteiger partial charge in [-0.25, -0.2) is 0 Å². The Bertz CT molecular complexity index is 453. The summed E-state index contributed by atoms with van der Waals surface area (Å²) >= 11 is 0. The maximum absolute atomic E-state index is 12.1. The minimum Gasteiger partial charge on any atom is -0.372 e. The van der Waals surface area contributed by atoms with Crippen molar-refractivity contribution in [3.63, 3.8) is 0 Å². The molecule has 1 heterocycles. The van der Waals surface area contributed by atoms with Crippen molar-refractivity contribution in [1.29, 1.82) is 0 Å². The average molecular weight is 288 g/mol. The first-order valence-corrected chi connectivity index (χ1v) is 8.09. The zero-order valence-electron chi connectivity index (χ0n) is 13.6. The fourth-order valence-electron chi connectivity index (χ4n) is 2.72. The molecule has 1 fully saturated rings. The van der Waals surface area contributed by atoms with E-state index in [1.807, 2.05) is 12.1 Å². The molecule has 2 rings (SSSR count). The van der Waals surface area contributed by atoms with Gasteiger partial charge in [0.15, 0.2) is 0 Å². The van der Waals surface area contributed by atoms with E-state index < -0.39 is 0 Å². The van der Waals surface area contributed by atoms with Crippen molar-refractivity contribution >= 4 is 11.6 Å². The molecule has 0 saturated carbocycles. The Morgan fingerprint density at radius 2 is 1.76 bits per heavy atom. The molecule has 0 radical (unpaired) electrons. The van der Waals surface area contributed by atoms with Gasteiger partial charge in [0.25, 0.3) is 5.91 Å². The van der Waals surface area contributed by atoms with E-state index in [0.717, 1.165) is 38.0 Å². The first kappa shape index (κ1) is 15.9. The lowest BCUT2D eigenvalue weighted by Crippen LogP contribution is -2.25. The van der Waals surface area contributed by atoms with Crippen molar-refractivity contribution in [2.75, 3.05) is 24.5 Å². The standard InChI is InChI=1S/C18H28N2O/c1-18(2,3)11-6-12-19-17(21)15-7-9-16(10-8-15)20-13-4-5-14-20/h7-10H,4-6,11-14H2,1-3H3,(H,19,21). The number of nitrogens with one attached hydrogen (secondary N) is 1. The summed E-state index contributed by atoms with van der Waals surface area (Å²) in [7, 11) is 0. The number of hydrogen-bond donors (Lipinski definition) is 1. The second-order valence-corrected chi connectivity index (χ2v) is 7.16. The maximum Gasteiger partial charge on any atom is 0.251 e. The third-order valence-electron chi connectivity index (χ3n) is 3.99. The van der Waals surface area contributed by atoms with Gasteiger partial charge < -0.3 is 10.2 Å². The molecule has 21 heavy (non-hydrogen) atoms. The highest BCUT2D eigenvalue weighted by Gasteiger charge is 2.13. The van der Waals surface area contributed by atoms with Crippen LogP contribution in [0, 0.1) is 5.41 Å². The number of hydrogen-bond acceptors (Lipinski definition) is 2. The van der Waals surface area contributed by atoms with Crippen molar-refractivity contribution < 1.29 is 4.79 Å². The second kappa shape index (κ2) is 6.97. The second-order valence-electron chi connectivity index (χ2n) is 7.16. The van der Waals surface area contributed by atoms with Gasteiger partial charge in [0.2, 0.25) is 0 Å². The summed E-state index contributed by atoms with van der Waals surface area (Å²) in [5, 5.41) is 3.01. The van der Waals surface area contributed by atoms with E-state index in [2.05, 4.69) is 43.1 Å².